The highest BCUT2D eigenvalue weighted by atomic mass is 16.5. The van der Waals surface area contributed by atoms with Crippen LogP contribution >= 0.6 is 0 Å². The lowest BCUT2D eigenvalue weighted by Crippen LogP contribution is -2.40. The first-order valence-corrected chi connectivity index (χ1v) is 7.97. The third-order valence-electron chi connectivity index (χ3n) is 4.51. The van der Waals surface area contributed by atoms with Gasteiger partial charge in [-0.05, 0) is 44.4 Å². The molecule has 0 amide bonds. The van der Waals surface area contributed by atoms with Gasteiger partial charge in [0.15, 0.2) is 5.96 Å². The standard InChI is InChI=1S/C15H29N3O2/c1-2-19-10-8-15(6-4-7-15)12-18-14(16)17-11-13-5-3-9-20-13/h13H,2-12H2,1H3,(H3,16,17,18). The number of hydrogen-bond donors (Lipinski definition) is 2. The van der Waals surface area contributed by atoms with Crippen LogP contribution in [-0.2, 0) is 9.47 Å². The quantitative estimate of drug-likeness (QED) is 0.404. The summed E-state index contributed by atoms with van der Waals surface area (Å²) in [5.74, 6) is 0.559. The highest BCUT2D eigenvalue weighted by Crippen LogP contribution is 2.44. The average molecular weight is 283 g/mol. The molecular weight excluding hydrogens is 254 g/mol. The van der Waals surface area contributed by atoms with Gasteiger partial charge >= 0.3 is 0 Å². The second-order valence-corrected chi connectivity index (χ2v) is 6.02. The van der Waals surface area contributed by atoms with Crippen LogP contribution < -0.4 is 11.1 Å². The Kier molecular flexibility index (Phi) is 6.10. The first-order valence-electron chi connectivity index (χ1n) is 7.97. The van der Waals surface area contributed by atoms with Crippen LogP contribution in [-0.4, -0.2) is 45.0 Å². The predicted octanol–water partition coefficient (Wildman–Crippen LogP) is 1.67. The molecule has 1 saturated heterocycles. The molecule has 3 N–H and O–H groups in total. The molecule has 5 heteroatoms. The van der Waals surface area contributed by atoms with Crippen LogP contribution in [0.5, 0.6) is 0 Å². The van der Waals surface area contributed by atoms with Crippen LogP contribution in [0.3, 0.4) is 0 Å². The summed E-state index contributed by atoms with van der Waals surface area (Å²) in [7, 11) is 0. The molecular formula is C15H29N3O2. The van der Waals surface area contributed by atoms with E-state index in [9.17, 15) is 0 Å². The van der Waals surface area contributed by atoms with Gasteiger partial charge in [-0.2, -0.15) is 0 Å². The first-order chi connectivity index (χ1) is 9.74. The van der Waals surface area contributed by atoms with Gasteiger partial charge < -0.3 is 20.5 Å². The van der Waals surface area contributed by atoms with E-state index in [0.29, 0.717) is 17.5 Å². The molecule has 2 rings (SSSR count). The van der Waals surface area contributed by atoms with Crippen molar-refractivity contribution < 1.29 is 9.47 Å². The lowest BCUT2D eigenvalue weighted by atomic mass is 9.67. The van der Waals surface area contributed by atoms with Gasteiger partial charge in [-0.25, -0.2) is 0 Å². The summed E-state index contributed by atoms with van der Waals surface area (Å²) < 4.78 is 11.0. The van der Waals surface area contributed by atoms with E-state index in [0.717, 1.165) is 52.2 Å². The van der Waals surface area contributed by atoms with E-state index in [1.807, 2.05) is 6.92 Å². The van der Waals surface area contributed by atoms with Gasteiger partial charge in [-0.15, -0.1) is 0 Å². The number of ether oxygens (including phenoxy) is 2. The fourth-order valence-corrected chi connectivity index (χ4v) is 2.93. The number of nitrogens with two attached hydrogens (primary N) is 1. The number of nitrogens with zero attached hydrogens (tertiary/aromatic N) is 1. The van der Waals surface area contributed by atoms with Crippen molar-refractivity contribution in [1.82, 2.24) is 5.32 Å². The molecule has 0 spiro atoms. The van der Waals surface area contributed by atoms with Gasteiger partial charge in [-0.3, -0.25) is 4.99 Å². The van der Waals surface area contributed by atoms with Crippen LogP contribution in [0.15, 0.2) is 4.99 Å². The van der Waals surface area contributed by atoms with Gasteiger partial charge in [0, 0.05) is 32.9 Å². The normalized spacial score (nSPS) is 25.4. The molecule has 1 atom stereocenters. The van der Waals surface area contributed by atoms with E-state index in [1.54, 1.807) is 0 Å². The second kappa shape index (κ2) is 7.84. The SMILES string of the molecule is CCOCCC1(CN=C(N)NCC2CCCO2)CCC1. The smallest absolute Gasteiger partial charge is 0.188 e. The summed E-state index contributed by atoms with van der Waals surface area (Å²) in [4.78, 5) is 4.53. The van der Waals surface area contributed by atoms with Gasteiger partial charge in [0.25, 0.3) is 0 Å². The number of nitrogens with one attached hydrogen (secondary N) is 1. The fourth-order valence-electron chi connectivity index (χ4n) is 2.93. The molecule has 0 radical (unpaired) electrons. The summed E-state index contributed by atoms with van der Waals surface area (Å²) in [6.45, 7) is 6.16. The van der Waals surface area contributed by atoms with E-state index in [2.05, 4.69) is 10.3 Å². The minimum Gasteiger partial charge on any atom is -0.382 e. The van der Waals surface area contributed by atoms with Crippen LogP contribution in [0, 0.1) is 5.41 Å². The molecule has 116 valence electrons. The molecule has 20 heavy (non-hydrogen) atoms. The molecule has 1 unspecified atom stereocenters. The van der Waals surface area contributed by atoms with E-state index in [1.165, 1.54) is 19.3 Å². The topological polar surface area (TPSA) is 68.9 Å². The summed E-state index contributed by atoms with van der Waals surface area (Å²) in [5, 5.41) is 3.18. The van der Waals surface area contributed by atoms with Crippen molar-refractivity contribution in [3.8, 4) is 0 Å². The minimum atomic E-state index is 0.305. The Labute approximate surface area is 122 Å². The van der Waals surface area contributed by atoms with Crippen molar-refractivity contribution in [1.29, 1.82) is 0 Å². The Morgan fingerprint density at radius 1 is 1.45 bits per heavy atom. The average Bonchev–Trinajstić information content (AvgIpc) is 2.91. The highest BCUT2D eigenvalue weighted by molar-refractivity contribution is 5.77. The fraction of sp³-hybridized carbons (Fsp3) is 0.933. The monoisotopic (exact) mass is 283 g/mol. The Morgan fingerprint density at radius 2 is 2.30 bits per heavy atom. The summed E-state index contributed by atoms with van der Waals surface area (Å²) in [5.41, 5.74) is 6.28. The van der Waals surface area contributed by atoms with Gasteiger partial charge in [0.05, 0.1) is 6.10 Å². The molecule has 0 aromatic heterocycles. The predicted molar refractivity (Wildman–Crippen MR) is 80.9 cm³/mol. The molecule has 0 bridgehead atoms. The summed E-state index contributed by atoms with van der Waals surface area (Å²) >= 11 is 0. The number of guanidine groups is 1. The third-order valence-corrected chi connectivity index (χ3v) is 4.51. The number of aliphatic imine (C=N–C) groups is 1. The van der Waals surface area contributed by atoms with Crippen LogP contribution in [0.1, 0.15) is 45.4 Å². The van der Waals surface area contributed by atoms with Gasteiger partial charge in [-0.1, -0.05) is 6.42 Å². The first kappa shape index (κ1) is 15.6. The zero-order valence-electron chi connectivity index (χ0n) is 12.7. The maximum atomic E-state index is 5.94. The van der Waals surface area contributed by atoms with Crippen LogP contribution in [0.2, 0.25) is 0 Å². The molecule has 0 aromatic rings. The largest absolute Gasteiger partial charge is 0.382 e. The second-order valence-electron chi connectivity index (χ2n) is 6.02. The lowest BCUT2D eigenvalue weighted by Gasteiger charge is -2.40. The maximum Gasteiger partial charge on any atom is 0.188 e. The van der Waals surface area contributed by atoms with E-state index in [-0.39, 0.29) is 0 Å². The zero-order valence-corrected chi connectivity index (χ0v) is 12.7. The molecule has 1 aliphatic heterocycles. The number of rotatable bonds is 8. The summed E-state index contributed by atoms with van der Waals surface area (Å²) in [6, 6.07) is 0. The third kappa shape index (κ3) is 4.63. The maximum absolute atomic E-state index is 5.94. The Bertz CT molecular complexity index is 310. The van der Waals surface area contributed by atoms with Crippen molar-refractivity contribution >= 4 is 5.96 Å². The van der Waals surface area contributed by atoms with Crippen molar-refractivity contribution in [3.05, 3.63) is 0 Å². The van der Waals surface area contributed by atoms with E-state index >= 15 is 0 Å². The molecule has 0 aromatic carbocycles. The summed E-state index contributed by atoms with van der Waals surface area (Å²) in [6.07, 6.45) is 7.50. The molecule has 1 saturated carbocycles. The Hall–Kier alpha value is -0.810. The van der Waals surface area contributed by atoms with Crippen LogP contribution in [0.4, 0.5) is 0 Å². The highest BCUT2D eigenvalue weighted by Gasteiger charge is 2.36. The minimum absolute atomic E-state index is 0.305. The lowest BCUT2D eigenvalue weighted by molar-refractivity contribution is 0.0609. The Morgan fingerprint density at radius 3 is 2.90 bits per heavy atom. The van der Waals surface area contributed by atoms with Gasteiger partial charge in [0.2, 0.25) is 0 Å². The van der Waals surface area contributed by atoms with Crippen molar-refractivity contribution in [2.24, 2.45) is 16.1 Å². The zero-order chi connectivity index (χ0) is 14.3. The van der Waals surface area contributed by atoms with E-state index in [4.69, 9.17) is 15.2 Å². The number of hydrogen-bond acceptors (Lipinski definition) is 3. The molecule has 1 aliphatic carbocycles. The van der Waals surface area contributed by atoms with Crippen molar-refractivity contribution in [2.75, 3.05) is 32.9 Å². The van der Waals surface area contributed by atoms with Gasteiger partial charge in [0.1, 0.15) is 0 Å². The molecule has 2 fully saturated rings. The Balaban J connectivity index is 1.68. The van der Waals surface area contributed by atoms with Crippen molar-refractivity contribution in [2.45, 2.75) is 51.6 Å². The van der Waals surface area contributed by atoms with Crippen LogP contribution in [0.25, 0.3) is 0 Å². The molecule has 1 heterocycles. The van der Waals surface area contributed by atoms with Crippen molar-refractivity contribution in [3.63, 3.8) is 0 Å². The molecule has 2 aliphatic rings. The molecule has 5 nitrogen and oxygen atoms in total. The van der Waals surface area contributed by atoms with E-state index < -0.39 is 0 Å².